The number of Topliss-reactive ketones (excluding diaryl/α,β-unsaturated/α-hetero) is 1. The largest absolute Gasteiger partial charge is 0.497 e. The highest BCUT2D eigenvalue weighted by molar-refractivity contribution is 7.14. The van der Waals surface area contributed by atoms with E-state index in [1.807, 2.05) is 18.2 Å². The number of nitrogens with one attached hydrogen (secondary N) is 1. The summed E-state index contributed by atoms with van der Waals surface area (Å²) < 4.78 is 5.19. The average Bonchev–Trinajstić information content (AvgIpc) is 3.75. The molecule has 208 valence electrons. The molecule has 1 atom stereocenters. The van der Waals surface area contributed by atoms with Gasteiger partial charge in [-0.25, -0.2) is 4.98 Å². The zero-order valence-corrected chi connectivity index (χ0v) is 23.9. The minimum absolute atomic E-state index is 0.0178. The Hall–Kier alpha value is -4.08. The molecule has 1 unspecified atom stereocenters. The number of carbonyl (C=O) groups is 3. The molecule has 2 aliphatic rings. The van der Waals surface area contributed by atoms with E-state index in [2.05, 4.69) is 21.4 Å². The molecule has 41 heavy (non-hydrogen) atoms. The van der Waals surface area contributed by atoms with Crippen molar-refractivity contribution in [3.63, 3.8) is 0 Å². The first-order valence-electron chi connectivity index (χ1n) is 13.4. The fraction of sp³-hybridized carbons (Fsp3) is 0.258. The number of fused-ring (bicyclic) bond motifs is 1. The molecule has 1 saturated carbocycles. The number of rotatable bonds is 8. The lowest BCUT2D eigenvalue weighted by Crippen LogP contribution is -2.44. The van der Waals surface area contributed by atoms with Crippen LogP contribution in [0.2, 0.25) is 5.02 Å². The van der Waals surface area contributed by atoms with Crippen LogP contribution in [-0.4, -0.2) is 45.6 Å². The molecule has 0 saturated heterocycles. The van der Waals surface area contributed by atoms with Gasteiger partial charge in [-0.2, -0.15) is 0 Å². The van der Waals surface area contributed by atoms with Crippen molar-refractivity contribution in [2.75, 3.05) is 12.4 Å². The minimum Gasteiger partial charge on any atom is -0.497 e. The van der Waals surface area contributed by atoms with Gasteiger partial charge in [-0.05, 0) is 66.3 Å². The lowest BCUT2D eigenvalue weighted by atomic mass is 10.00. The summed E-state index contributed by atoms with van der Waals surface area (Å²) >= 11 is 8.08. The summed E-state index contributed by atoms with van der Waals surface area (Å²) in [6, 6.07) is 15.3. The quantitative estimate of drug-likeness (QED) is 0.284. The Morgan fingerprint density at radius 1 is 1.10 bits per heavy atom. The fourth-order valence-corrected chi connectivity index (χ4v) is 6.63. The molecule has 8 nitrogen and oxygen atoms in total. The molecule has 1 aromatic carbocycles. The summed E-state index contributed by atoms with van der Waals surface area (Å²) in [6.07, 6.45) is 6.01. The predicted molar refractivity (Wildman–Crippen MR) is 157 cm³/mol. The van der Waals surface area contributed by atoms with E-state index in [1.165, 1.54) is 29.5 Å². The van der Waals surface area contributed by atoms with Crippen molar-refractivity contribution in [1.82, 2.24) is 14.9 Å². The second kappa shape index (κ2) is 11.4. The third-order valence-electron chi connectivity index (χ3n) is 7.34. The molecule has 6 rings (SSSR count). The number of amides is 2. The van der Waals surface area contributed by atoms with E-state index in [1.54, 1.807) is 41.4 Å². The van der Waals surface area contributed by atoms with Crippen LogP contribution < -0.4 is 10.1 Å². The van der Waals surface area contributed by atoms with E-state index in [-0.39, 0.29) is 35.2 Å². The summed E-state index contributed by atoms with van der Waals surface area (Å²) in [6.45, 7) is 0.164. The van der Waals surface area contributed by atoms with Gasteiger partial charge in [0.25, 0.3) is 11.8 Å². The number of anilines is 1. The number of hydrogen-bond donors (Lipinski definition) is 1. The average molecular weight is 587 g/mol. The van der Waals surface area contributed by atoms with Crippen molar-refractivity contribution in [1.29, 1.82) is 0 Å². The van der Waals surface area contributed by atoms with Gasteiger partial charge in [-0.1, -0.05) is 23.7 Å². The summed E-state index contributed by atoms with van der Waals surface area (Å²) in [5.41, 5.74) is 2.53. The molecule has 0 radical (unpaired) electrons. The standard InChI is InChI=1S/C31H27ClN4O4S/c1-40-22-9-11-34-28(16-22)35-30(38)23-8-5-18(12-24(23)32)17-36-25(15-21-4-2-3-10-33-21)26(37)13-20-14-27(19-6-7-19)41-29(20)31(36)39/h2-5,8-12,14,16,19,25H,6-7,13,15,17H2,1H3,(H,34,35,38). The van der Waals surface area contributed by atoms with Crippen LogP contribution in [0.4, 0.5) is 5.82 Å². The van der Waals surface area contributed by atoms with E-state index >= 15 is 0 Å². The highest BCUT2D eigenvalue weighted by atomic mass is 35.5. The van der Waals surface area contributed by atoms with E-state index in [4.69, 9.17) is 16.3 Å². The molecule has 1 fully saturated rings. The first-order valence-corrected chi connectivity index (χ1v) is 14.5. The van der Waals surface area contributed by atoms with Crippen molar-refractivity contribution in [2.24, 2.45) is 0 Å². The highest BCUT2D eigenvalue weighted by Gasteiger charge is 2.38. The van der Waals surface area contributed by atoms with Gasteiger partial charge in [0, 0.05) is 48.4 Å². The third kappa shape index (κ3) is 5.87. The molecule has 0 bridgehead atoms. The molecule has 10 heteroatoms. The van der Waals surface area contributed by atoms with Crippen LogP contribution >= 0.6 is 22.9 Å². The third-order valence-corrected chi connectivity index (χ3v) is 8.98. The van der Waals surface area contributed by atoms with Crippen LogP contribution in [0.1, 0.15) is 60.5 Å². The van der Waals surface area contributed by atoms with E-state index < -0.39 is 11.9 Å². The maximum absolute atomic E-state index is 14.0. The normalized spacial score (nSPS) is 16.7. The van der Waals surface area contributed by atoms with Gasteiger partial charge in [0.2, 0.25) is 0 Å². The number of ketones is 1. The van der Waals surface area contributed by atoms with Gasteiger partial charge in [0.15, 0.2) is 5.78 Å². The second-order valence-electron chi connectivity index (χ2n) is 10.2. The SMILES string of the molecule is COc1ccnc(NC(=O)c2ccc(CN3C(=O)c4sc(C5CC5)cc4CC(=O)C3Cc3ccccn3)cc2Cl)c1. The van der Waals surface area contributed by atoms with Crippen LogP contribution in [0.25, 0.3) is 0 Å². The Balaban J connectivity index is 1.28. The number of pyridine rings is 2. The van der Waals surface area contributed by atoms with Crippen LogP contribution in [0.15, 0.2) is 67.0 Å². The highest BCUT2D eigenvalue weighted by Crippen LogP contribution is 2.45. The zero-order valence-electron chi connectivity index (χ0n) is 22.3. The van der Waals surface area contributed by atoms with Crippen molar-refractivity contribution in [2.45, 2.75) is 44.2 Å². The number of ether oxygens (including phenoxy) is 1. The molecule has 1 aliphatic carbocycles. The van der Waals surface area contributed by atoms with Crippen LogP contribution in [-0.2, 0) is 24.2 Å². The molecule has 0 spiro atoms. The molecule has 1 aliphatic heterocycles. The van der Waals surface area contributed by atoms with Gasteiger partial charge in [0.1, 0.15) is 11.6 Å². The molecule has 3 aromatic heterocycles. The van der Waals surface area contributed by atoms with Crippen molar-refractivity contribution < 1.29 is 19.1 Å². The maximum Gasteiger partial charge on any atom is 0.265 e. The summed E-state index contributed by atoms with van der Waals surface area (Å²) in [5.74, 6) is 0.788. The molecule has 4 aromatic rings. The summed E-state index contributed by atoms with van der Waals surface area (Å²) in [4.78, 5) is 52.6. The van der Waals surface area contributed by atoms with Crippen LogP contribution in [0.3, 0.4) is 0 Å². The number of thiophene rings is 1. The smallest absolute Gasteiger partial charge is 0.265 e. The van der Waals surface area contributed by atoms with Crippen molar-refractivity contribution in [3.05, 3.63) is 104 Å². The number of methoxy groups -OCH3 is 1. The Morgan fingerprint density at radius 3 is 2.68 bits per heavy atom. The van der Waals surface area contributed by atoms with Gasteiger partial charge in [-0.15, -0.1) is 11.3 Å². The van der Waals surface area contributed by atoms with Gasteiger partial charge in [-0.3, -0.25) is 19.4 Å². The van der Waals surface area contributed by atoms with E-state index in [0.29, 0.717) is 34.3 Å². The first-order chi connectivity index (χ1) is 19.9. The Bertz CT molecular complexity index is 1640. The fourth-order valence-electron chi connectivity index (χ4n) is 5.03. The number of carbonyl (C=O) groups excluding carboxylic acids is 3. The minimum atomic E-state index is -0.678. The monoisotopic (exact) mass is 586 g/mol. The zero-order chi connectivity index (χ0) is 28.5. The van der Waals surface area contributed by atoms with E-state index in [9.17, 15) is 14.4 Å². The van der Waals surface area contributed by atoms with Gasteiger partial charge in [0.05, 0.1) is 28.6 Å². The first kappa shape index (κ1) is 27.1. The van der Waals surface area contributed by atoms with Crippen molar-refractivity contribution >= 4 is 46.4 Å². The Kier molecular flexibility index (Phi) is 7.55. The Labute approximate surface area is 246 Å². The van der Waals surface area contributed by atoms with Crippen LogP contribution in [0, 0.1) is 0 Å². The van der Waals surface area contributed by atoms with Gasteiger partial charge < -0.3 is 15.0 Å². The lowest BCUT2D eigenvalue weighted by molar-refractivity contribution is -0.122. The number of benzene rings is 1. The van der Waals surface area contributed by atoms with Crippen LogP contribution in [0.5, 0.6) is 5.75 Å². The summed E-state index contributed by atoms with van der Waals surface area (Å²) in [5, 5.41) is 2.96. The maximum atomic E-state index is 14.0. The lowest BCUT2D eigenvalue weighted by Gasteiger charge is -2.29. The molecule has 1 N–H and O–H groups in total. The molecule has 4 heterocycles. The predicted octanol–water partition coefficient (Wildman–Crippen LogP) is 5.71. The number of nitrogens with zero attached hydrogens (tertiary/aromatic N) is 3. The van der Waals surface area contributed by atoms with E-state index in [0.717, 1.165) is 24.1 Å². The van der Waals surface area contributed by atoms with Gasteiger partial charge >= 0.3 is 0 Å². The topological polar surface area (TPSA) is 101 Å². The molecular weight excluding hydrogens is 560 g/mol. The molecule has 2 amide bonds. The second-order valence-corrected chi connectivity index (χ2v) is 11.7. The summed E-state index contributed by atoms with van der Waals surface area (Å²) in [7, 11) is 1.53. The number of hydrogen-bond acceptors (Lipinski definition) is 7. The number of aromatic nitrogens is 2. The molecular formula is C31H27ClN4O4S. The van der Waals surface area contributed by atoms with Crippen molar-refractivity contribution in [3.8, 4) is 5.75 Å². The number of halogens is 1. The Morgan fingerprint density at radius 2 is 1.95 bits per heavy atom.